The first kappa shape index (κ1) is 23.0. The lowest BCUT2D eigenvalue weighted by Crippen LogP contribution is -2.64. The van der Waals surface area contributed by atoms with E-state index in [2.05, 4.69) is 22.9 Å². The molecule has 0 radical (unpaired) electrons. The highest BCUT2D eigenvalue weighted by atomic mass is 79.9. The molecule has 4 saturated carbocycles. The van der Waals surface area contributed by atoms with Crippen molar-refractivity contribution in [1.82, 2.24) is 0 Å². The lowest BCUT2D eigenvalue weighted by Gasteiger charge is -2.62. The molecule has 0 aromatic heterocycles. The Bertz CT molecular complexity index is 982. The van der Waals surface area contributed by atoms with Crippen LogP contribution in [0.15, 0.2) is 30.3 Å². The Morgan fingerprint density at radius 1 is 1.03 bits per heavy atom. The van der Waals surface area contributed by atoms with Crippen LogP contribution in [0.3, 0.4) is 0 Å². The Kier molecular flexibility index (Phi) is 5.46. The molecule has 5 aliphatic rings. The van der Waals surface area contributed by atoms with Crippen molar-refractivity contribution >= 4 is 27.9 Å². The number of hydrogen-bond acceptors (Lipinski definition) is 5. The highest BCUT2D eigenvalue weighted by Crippen LogP contribution is 2.72. The molecular formula is C28H35BrO5. The first-order valence-electron chi connectivity index (χ1n) is 13.0. The van der Waals surface area contributed by atoms with Gasteiger partial charge in [-0.15, -0.1) is 0 Å². The quantitative estimate of drug-likeness (QED) is 0.370. The number of hydrogen-bond donors (Lipinski definition) is 0. The molecule has 1 aliphatic heterocycles. The number of ether oxygens (including phenoxy) is 3. The lowest BCUT2D eigenvalue weighted by molar-refractivity contribution is -0.154. The largest absolute Gasteiger partial charge is 0.463 e. The van der Waals surface area contributed by atoms with Gasteiger partial charge in [-0.3, -0.25) is 4.79 Å². The van der Waals surface area contributed by atoms with Gasteiger partial charge >= 0.3 is 11.9 Å². The van der Waals surface area contributed by atoms with Crippen LogP contribution in [-0.2, 0) is 19.0 Å². The minimum Gasteiger partial charge on any atom is -0.463 e. The maximum absolute atomic E-state index is 12.9. The third kappa shape index (κ3) is 3.20. The van der Waals surface area contributed by atoms with E-state index in [0.29, 0.717) is 23.3 Å². The smallest absolute Gasteiger partial charge is 0.338 e. The molecule has 184 valence electrons. The molecule has 1 aromatic carbocycles. The fraction of sp³-hybridized carbons (Fsp3) is 0.714. The van der Waals surface area contributed by atoms with Crippen molar-refractivity contribution in [3.8, 4) is 0 Å². The minimum absolute atomic E-state index is 0.0161. The first-order valence-corrected chi connectivity index (χ1v) is 13.8. The Morgan fingerprint density at radius 2 is 1.82 bits per heavy atom. The minimum atomic E-state index is -0.191. The van der Waals surface area contributed by atoms with Crippen LogP contribution in [0.2, 0.25) is 0 Å². The Hall–Kier alpha value is -1.40. The molecule has 6 heteroatoms. The molecule has 34 heavy (non-hydrogen) atoms. The highest BCUT2D eigenvalue weighted by molar-refractivity contribution is 9.10. The van der Waals surface area contributed by atoms with Crippen molar-refractivity contribution in [2.75, 3.05) is 6.61 Å². The Morgan fingerprint density at radius 3 is 2.59 bits per heavy atom. The van der Waals surface area contributed by atoms with Crippen molar-refractivity contribution in [3.63, 3.8) is 0 Å². The van der Waals surface area contributed by atoms with Crippen molar-refractivity contribution in [1.29, 1.82) is 0 Å². The molecule has 1 aromatic rings. The van der Waals surface area contributed by atoms with Gasteiger partial charge in [-0.1, -0.05) is 41.1 Å². The maximum Gasteiger partial charge on any atom is 0.338 e. The third-order valence-electron chi connectivity index (χ3n) is 10.5. The topological polar surface area (TPSA) is 61.8 Å². The summed E-state index contributed by atoms with van der Waals surface area (Å²) >= 11 is 4.22. The number of carbonyl (C=O) groups is 2. The number of halogens is 1. The van der Waals surface area contributed by atoms with Crippen LogP contribution >= 0.6 is 15.9 Å². The fourth-order valence-electron chi connectivity index (χ4n) is 8.95. The molecule has 1 heterocycles. The Balaban J connectivity index is 1.23. The zero-order chi connectivity index (χ0) is 23.7. The first-order chi connectivity index (χ1) is 16.3. The summed E-state index contributed by atoms with van der Waals surface area (Å²) in [6, 6.07) is 9.38. The second-order valence-corrected chi connectivity index (χ2v) is 13.2. The number of rotatable bonds is 3. The predicted molar refractivity (Wildman–Crippen MR) is 131 cm³/mol. The van der Waals surface area contributed by atoms with Gasteiger partial charge in [-0.05, 0) is 74.8 Å². The van der Waals surface area contributed by atoms with Gasteiger partial charge in [0.1, 0.15) is 12.2 Å². The molecule has 9 atom stereocenters. The molecule has 5 fully saturated rings. The normalized spacial score (nSPS) is 46.7. The molecule has 6 rings (SSSR count). The summed E-state index contributed by atoms with van der Waals surface area (Å²) in [5, 5.41) is 0. The maximum atomic E-state index is 12.9. The van der Waals surface area contributed by atoms with Crippen LogP contribution in [0.4, 0.5) is 0 Å². The second-order valence-electron chi connectivity index (χ2n) is 11.8. The number of esters is 2. The van der Waals surface area contributed by atoms with Gasteiger partial charge < -0.3 is 14.2 Å². The van der Waals surface area contributed by atoms with Gasteiger partial charge in [0.05, 0.1) is 22.6 Å². The molecule has 0 spiro atoms. The molecule has 2 bridgehead atoms. The van der Waals surface area contributed by atoms with E-state index in [1.807, 2.05) is 30.3 Å². The van der Waals surface area contributed by atoms with Gasteiger partial charge in [0.25, 0.3) is 0 Å². The van der Waals surface area contributed by atoms with Gasteiger partial charge in [-0.25, -0.2) is 4.79 Å². The van der Waals surface area contributed by atoms with Crippen LogP contribution in [0.25, 0.3) is 0 Å². The van der Waals surface area contributed by atoms with Crippen LogP contribution in [-0.4, -0.2) is 41.2 Å². The van der Waals surface area contributed by atoms with E-state index in [1.54, 1.807) is 0 Å². The summed E-state index contributed by atoms with van der Waals surface area (Å²) in [6.45, 7) is 4.70. The van der Waals surface area contributed by atoms with Gasteiger partial charge in [-0.2, -0.15) is 0 Å². The molecule has 0 amide bonds. The third-order valence-corrected chi connectivity index (χ3v) is 12.1. The SMILES string of the molecule is CC(=O)O[C@@H]1CC[C@@]23CO[C@@H](C[C@H]4[C@H]2CC[C@@]2(C)[C@@H](OC(=O)c5ccccc5)CC[C@@H]42)[C@@]3(Br)C1. The van der Waals surface area contributed by atoms with Gasteiger partial charge in [0, 0.05) is 24.2 Å². The fourth-order valence-corrected chi connectivity index (χ4v) is 10.2. The number of fused-ring (bicyclic) bond motifs is 3. The van der Waals surface area contributed by atoms with Crippen LogP contribution < -0.4 is 0 Å². The van der Waals surface area contributed by atoms with Crippen LogP contribution in [0.5, 0.6) is 0 Å². The van der Waals surface area contributed by atoms with Gasteiger partial charge in [0.15, 0.2) is 0 Å². The summed E-state index contributed by atoms with van der Waals surface area (Å²) < 4.78 is 18.2. The predicted octanol–water partition coefficient (Wildman–Crippen LogP) is 5.69. The highest BCUT2D eigenvalue weighted by Gasteiger charge is 2.72. The summed E-state index contributed by atoms with van der Waals surface area (Å²) in [4.78, 5) is 24.5. The van der Waals surface area contributed by atoms with Gasteiger partial charge in [0.2, 0.25) is 0 Å². The van der Waals surface area contributed by atoms with Crippen molar-refractivity contribution in [3.05, 3.63) is 35.9 Å². The lowest BCUT2D eigenvalue weighted by atomic mass is 9.45. The van der Waals surface area contributed by atoms with E-state index in [0.717, 1.165) is 58.0 Å². The Labute approximate surface area is 210 Å². The summed E-state index contributed by atoms with van der Waals surface area (Å²) in [5.74, 6) is 1.38. The second kappa shape index (κ2) is 8.06. The zero-order valence-corrected chi connectivity index (χ0v) is 21.7. The molecule has 1 saturated heterocycles. The monoisotopic (exact) mass is 530 g/mol. The van der Waals surface area contributed by atoms with Crippen LogP contribution in [0.1, 0.15) is 75.6 Å². The van der Waals surface area contributed by atoms with Crippen LogP contribution in [0, 0.1) is 28.6 Å². The number of alkyl halides is 1. The molecule has 5 nitrogen and oxygen atoms in total. The average molecular weight is 531 g/mol. The zero-order valence-electron chi connectivity index (χ0n) is 20.1. The molecule has 4 aliphatic carbocycles. The number of benzene rings is 1. The van der Waals surface area contributed by atoms with E-state index in [-0.39, 0.29) is 45.4 Å². The van der Waals surface area contributed by atoms with Crippen molar-refractivity contribution in [2.24, 2.45) is 28.6 Å². The summed E-state index contributed by atoms with van der Waals surface area (Å²) in [6.07, 6.45) is 8.30. The molecule has 0 unspecified atom stereocenters. The standard InChI is InChI=1S/C28H35BrO5/c1-17(30)33-19-10-13-27-16-32-24(28(27,29)15-19)14-20-21-8-9-23(26(21,2)12-11-22(20)27)34-25(31)18-6-4-3-5-7-18/h3-7,19-24H,8-16H2,1-2H3/t19-,20-,21+,22-,23+,24+,26-,27-,28+/m1/s1. The van der Waals surface area contributed by atoms with Crippen molar-refractivity contribution in [2.45, 2.75) is 87.9 Å². The average Bonchev–Trinajstić information content (AvgIpc) is 3.21. The van der Waals surface area contributed by atoms with Crippen molar-refractivity contribution < 1.29 is 23.8 Å². The van der Waals surface area contributed by atoms with E-state index in [4.69, 9.17) is 14.2 Å². The van der Waals surface area contributed by atoms with E-state index in [9.17, 15) is 9.59 Å². The molecule has 0 N–H and O–H groups in total. The summed E-state index contributed by atoms with van der Waals surface area (Å²) in [5.41, 5.74) is 0.778. The van der Waals surface area contributed by atoms with E-state index < -0.39 is 0 Å². The molecular weight excluding hydrogens is 496 g/mol. The van der Waals surface area contributed by atoms with E-state index in [1.165, 1.54) is 6.92 Å². The summed E-state index contributed by atoms with van der Waals surface area (Å²) in [7, 11) is 0. The van der Waals surface area contributed by atoms with E-state index >= 15 is 0 Å². The number of carbonyl (C=O) groups excluding carboxylic acids is 2.